The number of benzene rings is 3. The molecule has 0 radical (unpaired) electrons. The van der Waals surface area contributed by atoms with Crippen LogP contribution >= 0.6 is 0 Å². The topological polar surface area (TPSA) is 32.3 Å². The lowest BCUT2D eigenvalue weighted by Gasteiger charge is -2.27. The van der Waals surface area contributed by atoms with Gasteiger partial charge in [-0.1, -0.05) is 54.6 Å². The quantitative estimate of drug-likeness (QED) is 0.649. The van der Waals surface area contributed by atoms with Gasteiger partial charge in [-0.25, -0.2) is 0 Å². The summed E-state index contributed by atoms with van der Waals surface area (Å²) in [5, 5.41) is 3.12. The second kappa shape index (κ2) is 7.03. The Morgan fingerprint density at radius 1 is 0.893 bits per heavy atom. The third kappa shape index (κ3) is 3.45. The fourth-order valence-electron chi connectivity index (χ4n) is 3.41. The van der Waals surface area contributed by atoms with Crippen LogP contribution in [0.15, 0.2) is 78.9 Å². The molecule has 0 unspecified atom stereocenters. The maximum Gasteiger partial charge on any atom is 0.416 e. The third-order valence-corrected chi connectivity index (χ3v) is 4.75. The summed E-state index contributed by atoms with van der Waals surface area (Å²) >= 11 is 0. The third-order valence-electron chi connectivity index (χ3n) is 4.75. The van der Waals surface area contributed by atoms with Crippen molar-refractivity contribution in [1.82, 2.24) is 4.90 Å². The molecule has 3 aromatic rings. The molecule has 1 atom stereocenters. The van der Waals surface area contributed by atoms with Crippen molar-refractivity contribution in [3.63, 3.8) is 0 Å². The van der Waals surface area contributed by atoms with Gasteiger partial charge in [0.05, 0.1) is 5.56 Å². The van der Waals surface area contributed by atoms with Crippen molar-refractivity contribution in [2.45, 2.75) is 18.9 Å². The van der Waals surface area contributed by atoms with Crippen LogP contribution in [0.3, 0.4) is 0 Å². The zero-order valence-electron chi connectivity index (χ0n) is 14.8. The number of nitrogens with one attached hydrogen (secondary N) is 1. The summed E-state index contributed by atoms with van der Waals surface area (Å²) in [6, 6.07) is 21.7. The van der Waals surface area contributed by atoms with Crippen molar-refractivity contribution in [2.75, 3.05) is 5.32 Å². The number of alkyl halides is 3. The number of hydrogen-bond donors (Lipinski definition) is 1. The first-order valence-electron chi connectivity index (χ1n) is 8.81. The second-order valence-electron chi connectivity index (χ2n) is 6.63. The highest BCUT2D eigenvalue weighted by molar-refractivity contribution is 5.99. The minimum absolute atomic E-state index is 0.149. The summed E-state index contributed by atoms with van der Waals surface area (Å²) < 4.78 is 39.2. The standard InChI is InChI=1S/C22H17F3N2O/c23-22(24,25)16-9-6-10-17(13-16)26-20-18-11-4-5-12-19(18)21(28)27(20)14-15-7-2-1-3-8-15/h1-13,20,26H,14H2/t20-/m0/s1. The lowest BCUT2D eigenvalue weighted by Crippen LogP contribution is -2.31. The van der Waals surface area contributed by atoms with Gasteiger partial charge in [-0.3, -0.25) is 4.79 Å². The number of anilines is 1. The van der Waals surface area contributed by atoms with Crippen LogP contribution in [0, 0.1) is 0 Å². The van der Waals surface area contributed by atoms with Gasteiger partial charge in [0.2, 0.25) is 0 Å². The highest BCUT2D eigenvalue weighted by Crippen LogP contribution is 2.37. The summed E-state index contributed by atoms with van der Waals surface area (Å²) in [6.07, 6.45) is -4.97. The van der Waals surface area contributed by atoms with Gasteiger partial charge in [0, 0.05) is 23.4 Å². The number of amides is 1. The highest BCUT2D eigenvalue weighted by Gasteiger charge is 2.37. The van der Waals surface area contributed by atoms with Gasteiger partial charge in [-0.2, -0.15) is 13.2 Å². The molecule has 0 aromatic heterocycles. The van der Waals surface area contributed by atoms with Gasteiger partial charge in [0.1, 0.15) is 6.17 Å². The minimum Gasteiger partial charge on any atom is -0.361 e. The van der Waals surface area contributed by atoms with E-state index in [1.165, 1.54) is 6.07 Å². The van der Waals surface area contributed by atoms with Gasteiger partial charge < -0.3 is 10.2 Å². The molecule has 1 heterocycles. The van der Waals surface area contributed by atoms with Crippen LogP contribution < -0.4 is 5.32 Å². The summed E-state index contributed by atoms with van der Waals surface area (Å²) in [4.78, 5) is 14.6. The van der Waals surface area contributed by atoms with E-state index in [2.05, 4.69) is 5.32 Å². The van der Waals surface area contributed by atoms with Gasteiger partial charge in [0.15, 0.2) is 0 Å². The Kier molecular flexibility index (Phi) is 4.55. The Hall–Kier alpha value is -3.28. The normalized spacial score (nSPS) is 16.2. The van der Waals surface area contributed by atoms with E-state index in [9.17, 15) is 18.0 Å². The number of halogens is 3. The largest absolute Gasteiger partial charge is 0.416 e. The zero-order valence-corrected chi connectivity index (χ0v) is 14.8. The molecule has 0 saturated carbocycles. The number of fused-ring (bicyclic) bond motifs is 1. The number of carbonyl (C=O) groups excluding carboxylic acids is 1. The fourth-order valence-corrected chi connectivity index (χ4v) is 3.41. The molecule has 28 heavy (non-hydrogen) atoms. The molecule has 6 heteroatoms. The Labute approximate surface area is 160 Å². The number of hydrogen-bond acceptors (Lipinski definition) is 2. The van der Waals surface area contributed by atoms with Crippen molar-refractivity contribution in [3.05, 3.63) is 101 Å². The minimum atomic E-state index is -4.43. The molecule has 0 saturated heterocycles. The molecule has 0 aliphatic carbocycles. The highest BCUT2D eigenvalue weighted by atomic mass is 19.4. The molecule has 1 aliphatic heterocycles. The van der Waals surface area contributed by atoms with Crippen LogP contribution in [0.1, 0.15) is 33.2 Å². The SMILES string of the molecule is O=C1c2ccccc2[C@@H](Nc2cccc(C(F)(F)F)c2)N1Cc1ccccc1. The molecular weight excluding hydrogens is 365 g/mol. The number of nitrogens with zero attached hydrogens (tertiary/aromatic N) is 1. The predicted molar refractivity (Wildman–Crippen MR) is 101 cm³/mol. The fraction of sp³-hybridized carbons (Fsp3) is 0.136. The van der Waals surface area contributed by atoms with Crippen LogP contribution in [-0.2, 0) is 12.7 Å². The molecule has 0 spiro atoms. The summed E-state index contributed by atoms with van der Waals surface area (Å²) in [6.45, 7) is 0.352. The van der Waals surface area contributed by atoms with Crippen molar-refractivity contribution in [3.8, 4) is 0 Å². The average molecular weight is 382 g/mol. The molecule has 0 bridgehead atoms. The van der Waals surface area contributed by atoms with Crippen LogP contribution in [0.4, 0.5) is 18.9 Å². The van der Waals surface area contributed by atoms with Crippen LogP contribution in [0.25, 0.3) is 0 Å². The molecule has 0 fully saturated rings. The van der Waals surface area contributed by atoms with E-state index >= 15 is 0 Å². The molecule has 3 aromatic carbocycles. The molecule has 142 valence electrons. The predicted octanol–water partition coefficient (Wildman–Crippen LogP) is 5.47. The monoisotopic (exact) mass is 382 g/mol. The van der Waals surface area contributed by atoms with Gasteiger partial charge >= 0.3 is 6.18 Å². The summed E-state index contributed by atoms with van der Waals surface area (Å²) in [7, 11) is 0. The maximum atomic E-state index is 13.1. The Bertz CT molecular complexity index is 1000. The van der Waals surface area contributed by atoms with E-state index in [0.29, 0.717) is 17.8 Å². The molecular formula is C22H17F3N2O. The molecule has 1 amide bonds. The summed E-state index contributed by atoms with van der Waals surface area (Å²) in [5.41, 5.74) is 1.83. The lowest BCUT2D eigenvalue weighted by molar-refractivity contribution is -0.137. The smallest absolute Gasteiger partial charge is 0.361 e. The van der Waals surface area contributed by atoms with Crippen LogP contribution in [-0.4, -0.2) is 10.8 Å². The Balaban J connectivity index is 1.69. The second-order valence-corrected chi connectivity index (χ2v) is 6.63. The van der Waals surface area contributed by atoms with Crippen molar-refractivity contribution < 1.29 is 18.0 Å². The molecule has 3 nitrogen and oxygen atoms in total. The summed E-state index contributed by atoms with van der Waals surface area (Å²) in [5.74, 6) is -0.149. The van der Waals surface area contributed by atoms with Crippen molar-refractivity contribution in [2.24, 2.45) is 0 Å². The van der Waals surface area contributed by atoms with E-state index in [0.717, 1.165) is 23.3 Å². The van der Waals surface area contributed by atoms with Gasteiger partial charge in [-0.05, 0) is 29.8 Å². The Morgan fingerprint density at radius 2 is 1.61 bits per heavy atom. The van der Waals surface area contributed by atoms with E-state index in [1.807, 2.05) is 42.5 Å². The van der Waals surface area contributed by atoms with Gasteiger partial charge in [-0.15, -0.1) is 0 Å². The van der Waals surface area contributed by atoms with E-state index in [-0.39, 0.29) is 5.91 Å². The molecule has 1 N–H and O–H groups in total. The first-order valence-corrected chi connectivity index (χ1v) is 8.81. The first-order chi connectivity index (χ1) is 13.4. The number of carbonyl (C=O) groups is 1. The van der Waals surface area contributed by atoms with E-state index < -0.39 is 17.9 Å². The van der Waals surface area contributed by atoms with Gasteiger partial charge in [0.25, 0.3) is 5.91 Å². The lowest BCUT2D eigenvalue weighted by atomic mass is 10.1. The first kappa shape index (κ1) is 18.1. The average Bonchev–Trinajstić information content (AvgIpc) is 2.95. The van der Waals surface area contributed by atoms with E-state index in [4.69, 9.17) is 0 Å². The van der Waals surface area contributed by atoms with E-state index in [1.54, 1.807) is 23.1 Å². The molecule has 4 rings (SSSR count). The molecule has 1 aliphatic rings. The number of rotatable bonds is 4. The van der Waals surface area contributed by atoms with Crippen molar-refractivity contribution >= 4 is 11.6 Å². The Morgan fingerprint density at radius 3 is 2.36 bits per heavy atom. The van der Waals surface area contributed by atoms with Crippen LogP contribution in [0.5, 0.6) is 0 Å². The van der Waals surface area contributed by atoms with Crippen molar-refractivity contribution in [1.29, 1.82) is 0 Å². The zero-order chi connectivity index (χ0) is 19.7. The maximum absolute atomic E-state index is 13.1. The van der Waals surface area contributed by atoms with Crippen LogP contribution in [0.2, 0.25) is 0 Å².